The lowest BCUT2D eigenvalue weighted by molar-refractivity contribution is -0.0412. The molecule has 0 bridgehead atoms. The van der Waals surface area contributed by atoms with Crippen LogP contribution in [-0.2, 0) is 4.43 Å². The van der Waals surface area contributed by atoms with E-state index in [4.69, 9.17) is 4.43 Å². The highest BCUT2D eigenvalue weighted by atomic mass is 28.4. The normalized spacial score (nSPS) is 27.4. The molecule has 0 aliphatic heterocycles. The molecule has 0 aromatic heterocycles. The number of alkyl halides is 2. The summed E-state index contributed by atoms with van der Waals surface area (Å²) in [6, 6.07) is 0. The van der Waals surface area contributed by atoms with Crippen molar-refractivity contribution in [1.82, 2.24) is 0 Å². The van der Waals surface area contributed by atoms with E-state index in [-0.39, 0.29) is 11.5 Å². The van der Waals surface area contributed by atoms with Crippen LogP contribution in [0.3, 0.4) is 0 Å². The van der Waals surface area contributed by atoms with Gasteiger partial charge in [-0.1, -0.05) is 27.2 Å². The Labute approximate surface area is 116 Å². The van der Waals surface area contributed by atoms with Crippen LogP contribution in [0.4, 0.5) is 8.78 Å². The molecule has 0 spiro atoms. The summed E-state index contributed by atoms with van der Waals surface area (Å²) in [5.41, 5.74) is 0.932. The van der Waals surface area contributed by atoms with Gasteiger partial charge in [0.05, 0.1) is 12.2 Å². The van der Waals surface area contributed by atoms with E-state index < -0.39 is 20.2 Å². The van der Waals surface area contributed by atoms with Gasteiger partial charge in [-0.15, -0.1) is 0 Å². The fourth-order valence-electron chi connectivity index (χ4n) is 2.83. The molecule has 19 heavy (non-hydrogen) atoms. The highest BCUT2D eigenvalue weighted by Gasteiger charge is 2.52. The third-order valence-electron chi connectivity index (χ3n) is 5.06. The van der Waals surface area contributed by atoms with Crippen LogP contribution in [0.2, 0.25) is 18.1 Å². The minimum absolute atomic E-state index is 0.0581. The highest BCUT2D eigenvalue weighted by Crippen LogP contribution is 2.52. The van der Waals surface area contributed by atoms with Crippen molar-refractivity contribution < 1.29 is 13.2 Å². The van der Waals surface area contributed by atoms with Crippen molar-refractivity contribution in [3.63, 3.8) is 0 Å². The van der Waals surface area contributed by atoms with Crippen LogP contribution in [0.5, 0.6) is 0 Å². The average Bonchev–Trinajstić information content (AvgIpc) is 2.49. The Balaban J connectivity index is 2.25. The summed E-state index contributed by atoms with van der Waals surface area (Å²) >= 11 is 0. The minimum atomic E-state index is -2.58. The van der Waals surface area contributed by atoms with E-state index in [0.717, 1.165) is 24.8 Å². The van der Waals surface area contributed by atoms with Gasteiger partial charge in [-0.3, -0.25) is 0 Å². The molecule has 0 saturated heterocycles. The van der Waals surface area contributed by atoms with Gasteiger partial charge in [0.25, 0.3) is 5.92 Å². The van der Waals surface area contributed by atoms with E-state index in [1.165, 1.54) is 0 Å². The lowest BCUT2D eigenvalue weighted by Crippen LogP contribution is -2.40. The first-order chi connectivity index (χ1) is 8.55. The molecule has 1 atom stereocenters. The Morgan fingerprint density at radius 1 is 1.21 bits per heavy atom. The Morgan fingerprint density at radius 2 is 1.84 bits per heavy atom. The van der Waals surface area contributed by atoms with Crippen molar-refractivity contribution in [3.8, 4) is 0 Å². The largest absolute Gasteiger partial charge is 0.546 e. The second-order valence-electron chi connectivity index (χ2n) is 7.55. The predicted octanol–water partition coefficient (Wildman–Crippen LogP) is 5.49. The zero-order valence-corrected chi connectivity index (χ0v) is 13.8. The van der Waals surface area contributed by atoms with E-state index in [2.05, 4.69) is 33.9 Å². The van der Waals surface area contributed by atoms with Crippen LogP contribution < -0.4 is 0 Å². The van der Waals surface area contributed by atoms with Crippen molar-refractivity contribution in [2.75, 3.05) is 0 Å². The Kier molecular flexibility index (Phi) is 3.61. The quantitative estimate of drug-likeness (QED) is 0.610. The van der Waals surface area contributed by atoms with Crippen molar-refractivity contribution in [3.05, 3.63) is 11.3 Å². The van der Waals surface area contributed by atoms with Crippen molar-refractivity contribution in [2.24, 2.45) is 5.92 Å². The van der Waals surface area contributed by atoms with E-state index in [0.29, 0.717) is 12.2 Å². The summed E-state index contributed by atoms with van der Waals surface area (Å²) in [5, 5.41) is 0.0581. The summed E-state index contributed by atoms with van der Waals surface area (Å²) in [6.45, 7) is 10.7. The highest BCUT2D eigenvalue weighted by molar-refractivity contribution is 6.74. The molecule has 2 aliphatic rings. The molecule has 1 nitrogen and oxygen atoms in total. The maximum Gasteiger partial charge on any atom is 0.261 e. The lowest BCUT2D eigenvalue weighted by Gasteiger charge is -2.37. The van der Waals surface area contributed by atoms with Gasteiger partial charge in [0.1, 0.15) is 0 Å². The van der Waals surface area contributed by atoms with Gasteiger partial charge >= 0.3 is 0 Å². The van der Waals surface area contributed by atoms with E-state index >= 15 is 0 Å². The first kappa shape index (κ1) is 15.0. The summed E-state index contributed by atoms with van der Waals surface area (Å²) in [4.78, 5) is 0. The van der Waals surface area contributed by atoms with Crippen LogP contribution in [0.1, 0.15) is 52.9 Å². The molecule has 0 aromatic rings. The fraction of sp³-hybridized carbons (Fsp3) is 0.867. The summed E-state index contributed by atoms with van der Waals surface area (Å²) in [5.74, 6) is -2.48. The lowest BCUT2D eigenvalue weighted by atomic mass is 9.84. The van der Waals surface area contributed by atoms with Gasteiger partial charge in [-0.05, 0) is 43.0 Å². The van der Waals surface area contributed by atoms with Crippen LogP contribution >= 0.6 is 0 Å². The van der Waals surface area contributed by atoms with E-state index in [1.807, 2.05) is 0 Å². The van der Waals surface area contributed by atoms with Crippen LogP contribution in [-0.4, -0.2) is 14.2 Å². The topological polar surface area (TPSA) is 9.23 Å². The van der Waals surface area contributed by atoms with Gasteiger partial charge in [-0.2, -0.15) is 0 Å². The van der Waals surface area contributed by atoms with Crippen LogP contribution in [0.25, 0.3) is 0 Å². The maximum atomic E-state index is 14.1. The third-order valence-corrected chi connectivity index (χ3v) is 9.43. The molecule has 0 heterocycles. The molecule has 2 aliphatic carbocycles. The van der Waals surface area contributed by atoms with Gasteiger partial charge in [0, 0.05) is 5.92 Å². The molecule has 2 rings (SSSR count). The maximum absolute atomic E-state index is 14.1. The predicted molar refractivity (Wildman–Crippen MR) is 76.8 cm³/mol. The third kappa shape index (κ3) is 2.74. The standard InChI is InChI=1S/C15H26F2OSi/c1-14(2,3)19(4,5)18-13-10-15(16,17)12-9-7-6-8-11(12)13/h12H,6-10H2,1-5H3. The van der Waals surface area contributed by atoms with E-state index in [9.17, 15) is 8.78 Å². The van der Waals surface area contributed by atoms with Crippen molar-refractivity contribution in [2.45, 2.75) is 76.9 Å². The zero-order chi connectivity index (χ0) is 14.5. The zero-order valence-electron chi connectivity index (χ0n) is 12.8. The summed E-state index contributed by atoms with van der Waals surface area (Å²) < 4.78 is 34.4. The van der Waals surface area contributed by atoms with Crippen LogP contribution in [0, 0.1) is 5.92 Å². The molecule has 1 fully saturated rings. The first-order valence-corrected chi connectivity index (χ1v) is 10.2. The number of allylic oxidation sites excluding steroid dienone is 2. The SMILES string of the molecule is CC(C)(C)[Si](C)(C)OC1=C2CCCCC2C(F)(F)C1. The van der Waals surface area contributed by atoms with Crippen molar-refractivity contribution >= 4 is 8.32 Å². The average molecular weight is 288 g/mol. The Hall–Kier alpha value is -0.383. The molecule has 0 amide bonds. The Bertz CT molecular complexity index is 393. The van der Waals surface area contributed by atoms with E-state index in [1.54, 1.807) is 0 Å². The van der Waals surface area contributed by atoms with Gasteiger partial charge in [0.2, 0.25) is 8.32 Å². The molecular formula is C15H26F2OSi. The second-order valence-corrected chi connectivity index (χ2v) is 12.3. The number of fused-ring (bicyclic) bond motifs is 1. The number of hydrogen-bond acceptors (Lipinski definition) is 1. The summed E-state index contributed by atoms with van der Waals surface area (Å²) in [7, 11) is -2.00. The molecule has 1 saturated carbocycles. The van der Waals surface area contributed by atoms with Gasteiger partial charge in [-0.25, -0.2) is 8.78 Å². The first-order valence-electron chi connectivity index (χ1n) is 7.33. The monoisotopic (exact) mass is 288 g/mol. The fourth-order valence-corrected chi connectivity index (χ4v) is 3.95. The minimum Gasteiger partial charge on any atom is -0.546 e. The second kappa shape index (κ2) is 4.57. The number of halogens is 2. The molecule has 0 radical (unpaired) electrons. The smallest absolute Gasteiger partial charge is 0.261 e. The van der Waals surface area contributed by atoms with Gasteiger partial charge < -0.3 is 4.43 Å². The molecule has 0 N–H and O–H groups in total. The van der Waals surface area contributed by atoms with Crippen molar-refractivity contribution in [1.29, 1.82) is 0 Å². The number of hydrogen-bond donors (Lipinski definition) is 0. The molecular weight excluding hydrogens is 262 g/mol. The Morgan fingerprint density at radius 3 is 2.42 bits per heavy atom. The summed E-state index contributed by atoms with van der Waals surface area (Å²) in [6.07, 6.45) is 3.24. The molecule has 0 aromatic carbocycles. The molecule has 110 valence electrons. The number of rotatable bonds is 2. The van der Waals surface area contributed by atoms with Gasteiger partial charge in [0.15, 0.2) is 0 Å². The van der Waals surface area contributed by atoms with Crippen LogP contribution in [0.15, 0.2) is 11.3 Å². The molecule has 4 heteroatoms. The molecule has 1 unspecified atom stereocenters.